The van der Waals surface area contributed by atoms with Crippen LogP contribution in [-0.4, -0.2) is 66.9 Å². The van der Waals surface area contributed by atoms with Gasteiger partial charge in [-0.15, -0.1) is 0 Å². The Labute approximate surface area is 173 Å². The van der Waals surface area contributed by atoms with Gasteiger partial charge in [-0.05, 0) is 30.5 Å². The molecular weight excluding hydrogens is 368 g/mol. The van der Waals surface area contributed by atoms with E-state index in [4.69, 9.17) is 4.74 Å². The molecule has 0 saturated heterocycles. The lowest BCUT2D eigenvalue weighted by Gasteiger charge is -2.15. The molecule has 0 fully saturated rings. The number of hydrogen-bond acceptors (Lipinski definition) is 4. The van der Waals surface area contributed by atoms with E-state index < -0.39 is 0 Å². The van der Waals surface area contributed by atoms with Gasteiger partial charge in [0.25, 0.3) is 0 Å². The number of rotatable bonds is 11. The Morgan fingerprint density at radius 3 is 2.69 bits per heavy atom. The van der Waals surface area contributed by atoms with Crippen LogP contribution in [0.5, 0.6) is 0 Å². The Morgan fingerprint density at radius 2 is 2.00 bits per heavy atom. The molecule has 158 valence electrons. The van der Waals surface area contributed by atoms with E-state index in [1.165, 1.54) is 5.56 Å². The van der Waals surface area contributed by atoms with E-state index in [2.05, 4.69) is 32.9 Å². The monoisotopic (exact) mass is 400 g/mol. The number of aromatic nitrogens is 2. The first-order valence-corrected chi connectivity index (χ1v) is 9.94. The van der Waals surface area contributed by atoms with Gasteiger partial charge in [-0.25, -0.2) is 4.99 Å². The van der Waals surface area contributed by atoms with Gasteiger partial charge >= 0.3 is 0 Å². The summed E-state index contributed by atoms with van der Waals surface area (Å²) in [5.41, 5.74) is 2.29. The molecule has 1 aromatic heterocycles. The fourth-order valence-corrected chi connectivity index (χ4v) is 2.62. The average Bonchev–Trinajstić information content (AvgIpc) is 3.23. The largest absolute Gasteiger partial charge is 0.382 e. The number of amides is 1. The summed E-state index contributed by atoms with van der Waals surface area (Å²) in [6, 6.07) is 10.1. The van der Waals surface area contributed by atoms with Crippen molar-refractivity contribution >= 4 is 11.9 Å². The highest BCUT2D eigenvalue weighted by Gasteiger charge is 2.07. The lowest BCUT2D eigenvalue weighted by atomic mass is 10.1. The van der Waals surface area contributed by atoms with E-state index >= 15 is 0 Å². The molecule has 0 aliphatic carbocycles. The third kappa shape index (κ3) is 8.35. The predicted octanol–water partition coefficient (Wildman–Crippen LogP) is 1.48. The summed E-state index contributed by atoms with van der Waals surface area (Å²) >= 11 is 0. The minimum atomic E-state index is -0.00658. The third-order valence-corrected chi connectivity index (χ3v) is 4.29. The van der Waals surface area contributed by atoms with Crippen LogP contribution in [0.25, 0.3) is 0 Å². The van der Waals surface area contributed by atoms with Gasteiger partial charge in [0.15, 0.2) is 5.96 Å². The van der Waals surface area contributed by atoms with Gasteiger partial charge in [-0.3, -0.25) is 9.48 Å². The Morgan fingerprint density at radius 1 is 1.21 bits per heavy atom. The molecule has 0 aliphatic heterocycles. The molecule has 0 saturated carbocycles. The first-order chi connectivity index (χ1) is 14.1. The maximum absolute atomic E-state index is 11.9. The number of carbonyl (C=O) groups excluding carboxylic acids is 1. The van der Waals surface area contributed by atoms with Gasteiger partial charge in [0.1, 0.15) is 0 Å². The second-order valence-electron chi connectivity index (χ2n) is 6.76. The first kappa shape index (κ1) is 22.4. The Bertz CT molecular complexity index is 758. The topological polar surface area (TPSA) is 83.8 Å². The molecule has 8 nitrogen and oxygen atoms in total. The predicted molar refractivity (Wildman–Crippen MR) is 115 cm³/mol. The van der Waals surface area contributed by atoms with E-state index in [-0.39, 0.29) is 12.5 Å². The summed E-state index contributed by atoms with van der Waals surface area (Å²) in [7, 11) is 3.48. The van der Waals surface area contributed by atoms with Gasteiger partial charge in [0, 0.05) is 46.2 Å². The molecule has 2 aromatic rings. The molecule has 2 N–H and O–H groups in total. The van der Waals surface area contributed by atoms with Crippen molar-refractivity contribution in [3.8, 4) is 0 Å². The highest BCUT2D eigenvalue weighted by molar-refractivity contribution is 5.86. The van der Waals surface area contributed by atoms with Crippen LogP contribution in [0.3, 0.4) is 0 Å². The molecular formula is C21H32N6O2. The van der Waals surface area contributed by atoms with Crippen molar-refractivity contribution in [2.24, 2.45) is 4.99 Å². The van der Waals surface area contributed by atoms with Gasteiger partial charge in [0.2, 0.25) is 5.91 Å². The number of guanidine groups is 1. The molecule has 1 amide bonds. The highest BCUT2D eigenvalue weighted by atomic mass is 16.5. The van der Waals surface area contributed by atoms with Crippen LogP contribution in [-0.2, 0) is 22.6 Å². The molecule has 1 heterocycles. The third-order valence-electron chi connectivity index (χ3n) is 4.29. The summed E-state index contributed by atoms with van der Waals surface area (Å²) in [6.45, 7) is 5.51. The zero-order chi connectivity index (χ0) is 20.9. The zero-order valence-corrected chi connectivity index (χ0v) is 17.6. The molecule has 1 aromatic carbocycles. The number of aliphatic imine (C=N–C) groups is 1. The number of nitrogens with one attached hydrogen (secondary N) is 2. The van der Waals surface area contributed by atoms with Crippen molar-refractivity contribution in [1.82, 2.24) is 25.3 Å². The van der Waals surface area contributed by atoms with E-state index in [1.807, 2.05) is 36.0 Å². The van der Waals surface area contributed by atoms with E-state index in [0.717, 1.165) is 18.5 Å². The molecule has 29 heavy (non-hydrogen) atoms. The fourth-order valence-electron chi connectivity index (χ4n) is 2.62. The molecule has 0 aliphatic rings. The SMILES string of the molecule is CCOCCCNC(=NCc1ccccc1Cn1cccn1)NCC(=O)N(C)C. The average molecular weight is 401 g/mol. The summed E-state index contributed by atoms with van der Waals surface area (Å²) in [4.78, 5) is 18.2. The Kier molecular flexibility index (Phi) is 9.71. The van der Waals surface area contributed by atoms with Crippen LogP contribution in [0.15, 0.2) is 47.7 Å². The summed E-state index contributed by atoms with van der Waals surface area (Å²) in [6.07, 6.45) is 4.59. The summed E-state index contributed by atoms with van der Waals surface area (Å²) in [5, 5.41) is 10.7. The number of likely N-dealkylation sites (N-methyl/N-ethyl adjacent to an activating group) is 1. The number of carbonyl (C=O) groups is 1. The molecule has 0 atom stereocenters. The molecule has 0 unspecified atom stereocenters. The van der Waals surface area contributed by atoms with Crippen LogP contribution in [0.1, 0.15) is 24.5 Å². The molecule has 0 spiro atoms. The number of nitrogens with zero attached hydrogens (tertiary/aromatic N) is 4. The first-order valence-electron chi connectivity index (χ1n) is 9.94. The van der Waals surface area contributed by atoms with Crippen LogP contribution in [0.2, 0.25) is 0 Å². The van der Waals surface area contributed by atoms with Crippen molar-refractivity contribution in [3.63, 3.8) is 0 Å². The maximum Gasteiger partial charge on any atom is 0.241 e. The van der Waals surface area contributed by atoms with Crippen LogP contribution in [0.4, 0.5) is 0 Å². The fraction of sp³-hybridized carbons (Fsp3) is 0.476. The smallest absolute Gasteiger partial charge is 0.241 e. The second kappa shape index (κ2) is 12.6. The zero-order valence-electron chi connectivity index (χ0n) is 17.6. The molecule has 0 radical (unpaired) electrons. The molecule has 2 rings (SSSR count). The van der Waals surface area contributed by atoms with Crippen LogP contribution in [0, 0.1) is 0 Å². The lowest BCUT2D eigenvalue weighted by Crippen LogP contribution is -2.43. The van der Waals surface area contributed by atoms with Crippen LogP contribution < -0.4 is 10.6 Å². The van der Waals surface area contributed by atoms with E-state index in [9.17, 15) is 4.79 Å². The second-order valence-corrected chi connectivity index (χ2v) is 6.76. The van der Waals surface area contributed by atoms with Gasteiger partial charge in [-0.1, -0.05) is 24.3 Å². The van der Waals surface area contributed by atoms with Gasteiger partial charge in [0.05, 0.1) is 19.6 Å². The van der Waals surface area contributed by atoms with Crippen molar-refractivity contribution in [3.05, 3.63) is 53.9 Å². The minimum absolute atomic E-state index is 0.00658. The number of hydrogen-bond donors (Lipinski definition) is 2. The van der Waals surface area contributed by atoms with E-state index in [0.29, 0.717) is 32.3 Å². The number of benzene rings is 1. The minimum Gasteiger partial charge on any atom is -0.382 e. The Balaban J connectivity index is 2.01. The van der Waals surface area contributed by atoms with Crippen molar-refractivity contribution in [2.75, 3.05) is 40.4 Å². The van der Waals surface area contributed by atoms with Crippen molar-refractivity contribution < 1.29 is 9.53 Å². The summed E-state index contributed by atoms with van der Waals surface area (Å²) < 4.78 is 7.26. The molecule has 8 heteroatoms. The number of ether oxygens (including phenoxy) is 1. The van der Waals surface area contributed by atoms with Gasteiger partial charge in [-0.2, -0.15) is 5.10 Å². The maximum atomic E-state index is 11.9. The summed E-state index contributed by atoms with van der Waals surface area (Å²) in [5.74, 6) is 0.610. The lowest BCUT2D eigenvalue weighted by molar-refractivity contribution is -0.127. The Hall–Kier alpha value is -2.87. The standard InChI is InChI=1S/C21H32N6O2/c1-4-29-14-8-11-22-21(24-16-20(28)26(2)3)23-15-18-9-5-6-10-19(18)17-27-13-7-12-25-27/h5-7,9-10,12-13H,4,8,11,14-17H2,1-3H3,(H2,22,23,24). The van der Waals surface area contributed by atoms with Crippen molar-refractivity contribution in [2.45, 2.75) is 26.4 Å². The molecule has 0 bridgehead atoms. The normalized spacial score (nSPS) is 11.3. The van der Waals surface area contributed by atoms with Crippen LogP contribution >= 0.6 is 0 Å². The van der Waals surface area contributed by atoms with Gasteiger partial charge < -0.3 is 20.3 Å². The highest BCUT2D eigenvalue weighted by Crippen LogP contribution is 2.11. The van der Waals surface area contributed by atoms with Crippen molar-refractivity contribution in [1.29, 1.82) is 0 Å². The van der Waals surface area contributed by atoms with E-state index in [1.54, 1.807) is 25.2 Å². The quantitative estimate of drug-likeness (QED) is 0.339.